The fraction of sp³-hybridized carbons (Fsp3) is 0.571. The Hall–Kier alpha value is -2.65. The molecule has 1 amide bonds. The van der Waals surface area contributed by atoms with Gasteiger partial charge >= 0.3 is 5.69 Å². The van der Waals surface area contributed by atoms with Gasteiger partial charge in [-0.3, -0.25) is 14.3 Å². The van der Waals surface area contributed by atoms with Crippen molar-refractivity contribution in [3.05, 3.63) is 46.6 Å². The number of fused-ring (bicyclic) bond motifs is 1. The van der Waals surface area contributed by atoms with E-state index in [0.717, 1.165) is 39.1 Å². The molecule has 162 valence electrons. The van der Waals surface area contributed by atoms with Gasteiger partial charge in [0, 0.05) is 45.5 Å². The number of nitrogens with zero attached hydrogens (tertiary/aromatic N) is 5. The number of amides is 1. The first-order valence-corrected chi connectivity index (χ1v) is 10.7. The Kier molecular flexibility index (Phi) is 6.49. The highest BCUT2D eigenvalue weighted by molar-refractivity contribution is 5.76. The predicted octanol–water partition coefficient (Wildman–Crippen LogP) is 0.372. The maximum absolute atomic E-state index is 12.3. The van der Waals surface area contributed by atoms with Gasteiger partial charge < -0.3 is 15.0 Å². The number of anilines is 1. The van der Waals surface area contributed by atoms with Crippen LogP contribution in [-0.2, 0) is 23.1 Å². The number of ether oxygens (including phenoxy) is 1. The number of para-hydroxylation sites is 1. The maximum Gasteiger partial charge on any atom is 0.345 e. The van der Waals surface area contributed by atoms with Crippen LogP contribution in [0.25, 0.3) is 0 Å². The number of nitrogens with one attached hydrogen (secondary N) is 1. The van der Waals surface area contributed by atoms with Crippen molar-refractivity contribution in [1.82, 2.24) is 24.6 Å². The highest BCUT2D eigenvalue weighted by Crippen LogP contribution is 2.22. The van der Waals surface area contributed by atoms with Gasteiger partial charge in [-0.25, -0.2) is 9.48 Å². The van der Waals surface area contributed by atoms with Gasteiger partial charge in [0.15, 0.2) is 5.82 Å². The number of aromatic nitrogens is 3. The standard InChI is InChI=1S/C21H30N6O3/c1-24-21(29)27-14-15-30-18(20(27)23-24)16-19(28)22-8-5-9-25-10-12-26(13-11-25)17-6-3-2-4-7-17/h2-4,6-7,18H,5,8-16H2,1H3,(H,22,28). The van der Waals surface area contributed by atoms with Crippen LogP contribution in [0.5, 0.6) is 0 Å². The number of hydrogen-bond acceptors (Lipinski definition) is 6. The van der Waals surface area contributed by atoms with Gasteiger partial charge in [-0.2, -0.15) is 5.10 Å². The third kappa shape index (κ3) is 4.73. The second-order valence-electron chi connectivity index (χ2n) is 7.85. The minimum absolute atomic E-state index is 0.0690. The van der Waals surface area contributed by atoms with Crippen molar-refractivity contribution >= 4 is 11.6 Å². The smallest absolute Gasteiger partial charge is 0.345 e. The molecule has 1 aromatic heterocycles. The number of aryl methyl sites for hydroxylation is 1. The molecule has 2 aliphatic heterocycles. The summed E-state index contributed by atoms with van der Waals surface area (Å²) in [5.41, 5.74) is 1.12. The first-order chi connectivity index (χ1) is 14.6. The van der Waals surface area contributed by atoms with Gasteiger partial charge in [0.1, 0.15) is 6.10 Å². The lowest BCUT2D eigenvalue weighted by molar-refractivity contribution is -0.125. The van der Waals surface area contributed by atoms with Crippen LogP contribution < -0.4 is 15.9 Å². The normalized spacial score (nSPS) is 19.5. The van der Waals surface area contributed by atoms with E-state index in [4.69, 9.17) is 4.74 Å². The molecule has 1 saturated heterocycles. The van der Waals surface area contributed by atoms with E-state index in [-0.39, 0.29) is 18.0 Å². The number of carbonyl (C=O) groups excluding carboxylic acids is 1. The molecule has 1 fully saturated rings. The largest absolute Gasteiger partial charge is 0.369 e. The Morgan fingerprint density at radius 3 is 2.70 bits per heavy atom. The predicted molar refractivity (Wildman–Crippen MR) is 113 cm³/mol. The van der Waals surface area contributed by atoms with E-state index in [0.29, 0.717) is 25.5 Å². The SMILES string of the molecule is Cn1nc2n(c1=O)CCOC2CC(=O)NCCCN1CCN(c2ccccc2)CC1. The summed E-state index contributed by atoms with van der Waals surface area (Å²) in [5, 5.41) is 7.20. The number of rotatable bonds is 7. The zero-order valence-corrected chi connectivity index (χ0v) is 17.5. The zero-order chi connectivity index (χ0) is 20.9. The number of hydrogen-bond donors (Lipinski definition) is 1. The van der Waals surface area contributed by atoms with Crippen LogP contribution in [-0.4, -0.2) is 71.0 Å². The van der Waals surface area contributed by atoms with Gasteiger partial charge in [-0.15, -0.1) is 0 Å². The summed E-state index contributed by atoms with van der Waals surface area (Å²) in [6, 6.07) is 10.5. The lowest BCUT2D eigenvalue weighted by Gasteiger charge is -2.36. The van der Waals surface area contributed by atoms with E-state index in [2.05, 4.69) is 44.5 Å². The Morgan fingerprint density at radius 1 is 1.17 bits per heavy atom. The van der Waals surface area contributed by atoms with Crippen LogP contribution in [0, 0.1) is 0 Å². The van der Waals surface area contributed by atoms with Crippen molar-refractivity contribution in [2.75, 3.05) is 50.8 Å². The van der Waals surface area contributed by atoms with E-state index in [1.807, 2.05) is 6.07 Å². The van der Waals surface area contributed by atoms with Crippen LogP contribution in [0.15, 0.2) is 35.1 Å². The molecule has 9 heteroatoms. The number of carbonyl (C=O) groups is 1. The van der Waals surface area contributed by atoms with E-state index in [1.54, 1.807) is 11.6 Å². The molecule has 9 nitrogen and oxygen atoms in total. The fourth-order valence-electron chi connectivity index (χ4n) is 4.12. The Bertz CT molecular complexity index is 901. The van der Waals surface area contributed by atoms with Gasteiger partial charge in [0.05, 0.1) is 19.6 Å². The molecule has 0 saturated carbocycles. The summed E-state index contributed by atoms with van der Waals surface area (Å²) in [6.45, 7) is 6.65. The van der Waals surface area contributed by atoms with Crippen molar-refractivity contribution in [2.45, 2.75) is 25.5 Å². The Labute approximate surface area is 176 Å². The first-order valence-electron chi connectivity index (χ1n) is 10.7. The summed E-state index contributed by atoms with van der Waals surface area (Å²) in [7, 11) is 1.62. The van der Waals surface area contributed by atoms with Crippen LogP contribution in [0.4, 0.5) is 5.69 Å². The molecule has 0 spiro atoms. The third-order valence-electron chi connectivity index (χ3n) is 5.80. The molecule has 2 aliphatic rings. The molecule has 1 unspecified atom stereocenters. The first kappa shape index (κ1) is 20.6. The van der Waals surface area contributed by atoms with Gasteiger partial charge in [-0.1, -0.05) is 18.2 Å². The minimum Gasteiger partial charge on any atom is -0.369 e. The maximum atomic E-state index is 12.3. The Balaban J connectivity index is 1.15. The third-order valence-corrected chi connectivity index (χ3v) is 5.80. The highest BCUT2D eigenvalue weighted by Gasteiger charge is 2.28. The molecular weight excluding hydrogens is 384 g/mol. The summed E-state index contributed by atoms with van der Waals surface area (Å²) < 4.78 is 8.57. The molecule has 1 atom stereocenters. The second kappa shape index (κ2) is 9.44. The van der Waals surface area contributed by atoms with Crippen LogP contribution in [0.1, 0.15) is 24.8 Å². The fourth-order valence-corrected chi connectivity index (χ4v) is 4.12. The van der Waals surface area contributed by atoms with E-state index in [1.165, 1.54) is 10.4 Å². The highest BCUT2D eigenvalue weighted by atomic mass is 16.5. The summed E-state index contributed by atoms with van der Waals surface area (Å²) in [4.78, 5) is 29.2. The van der Waals surface area contributed by atoms with Crippen molar-refractivity contribution in [3.8, 4) is 0 Å². The summed E-state index contributed by atoms with van der Waals surface area (Å²) >= 11 is 0. The van der Waals surface area contributed by atoms with E-state index in [9.17, 15) is 9.59 Å². The summed E-state index contributed by atoms with van der Waals surface area (Å²) in [5.74, 6) is 0.473. The lowest BCUT2D eigenvalue weighted by atomic mass is 10.2. The van der Waals surface area contributed by atoms with Gasteiger partial charge in [0.2, 0.25) is 5.91 Å². The van der Waals surface area contributed by atoms with Crippen molar-refractivity contribution in [2.24, 2.45) is 7.05 Å². The topological polar surface area (TPSA) is 84.6 Å². The number of benzene rings is 1. The van der Waals surface area contributed by atoms with Crippen LogP contribution >= 0.6 is 0 Å². The van der Waals surface area contributed by atoms with Gasteiger partial charge in [0.25, 0.3) is 0 Å². The van der Waals surface area contributed by atoms with Crippen molar-refractivity contribution in [1.29, 1.82) is 0 Å². The monoisotopic (exact) mass is 414 g/mol. The molecule has 1 N–H and O–H groups in total. The molecule has 1 aromatic carbocycles. The van der Waals surface area contributed by atoms with E-state index < -0.39 is 6.10 Å². The van der Waals surface area contributed by atoms with E-state index >= 15 is 0 Å². The molecule has 0 radical (unpaired) electrons. The molecule has 4 rings (SSSR count). The molecule has 2 aromatic rings. The quantitative estimate of drug-likeness (QED) is 0.659. The van der Waals surface area contributed by atoms with Crippen LogP contribution in [0.2, 0.25) is 0 Å². The zero-order valence-electron chi connectivity index (χ0n) is 17.5. The van der Waals surface area contributed by atoms with Crippen molar-refractivity contribution < 1.29 is 9.53 Å². The van der Waals surface area contributed by atoms with Crippen molar-refractivity contribution in [3.63, 3.8) is 0 Å². The Morgan fingerprint density at radius 2 is 1.93 bits per heavy atom. The molecule has 3 heterocycles. The molecule has 30 heavy (non-hydrogen) atoms. The van der Waals surface area contributed by atoms with Gasteiger partial charge in [-0.05, 0) is 25.1 Å². The average Bonchev–Trinajstić information content (AvgIpc) is 3.07. The minimum atomic E-state index is -0.460. The molecular formula is C21H30N6O3. The number of piperazine rings is 1. The van der Waals surface area contributed by atoms with Crippen LogP contribution in [0.3, 0.4) is 0 Å². The lowest BCUT2D eigenvalue weighted by Crippen LogP contribution is -2.47. The average molecular weight is 415 g/mol. The molecule has 0 bridgehead atoms. The molecule has 0 aliphatic carbocycles. The summed E-state index contributed by atoms with van der Waals surface area (Å²) in [6.07, 6.45) is 0.641. The second-order valence-corrected chi connectivity index (χ2v) is 7.85.